The van der Waals surface area contributed by atoms with Gasteiger partial charge in [-0.1, -0.05) is 29.8 Å². The van der Waals surface area contributed by atoms with Crippen LogP contribution >= 0.6 is 0 Å². The molecule has 0 spiro atoms. The number of nitro groups is 1. The lowest BCUT2D eigenvalue weighted by Gasteiger charge is -2.11. The number of aryl methyl sites for hydroxylation is 2. The molecule has 0 saturated carbocycles. The summed E-state index contributed by atoms with van der Waals surface area (Å²) < 4.78 is 13.7. The molecule has 0 aliphatic heterocycles. The number of benzene rings is 2. The van der Waals surface area contributed by atoms with E-state index in [-0.39, 0.29) is 11.4 Å². The van der Waals surface area contributed by atoms with E-state index >= 15 is 0 Å². The number of anilines is 1. The molecule has 2 aromatic carbocycles. The fraction of sp³-hybridized carbons (Fsp3) is 0.200. The van der Waals surface area contributed by atoms with Crippen LogP contribution < -0.4 is 5.32 Å². The van der Waals surface area contributed by atoms with Crippen LogP contribution in [0, 0.1) is 29.8 Å². The summed E-state index contributed by atoms with van der Waals surface area (Å²) >= 11 is 0. The maximum atomic E-state index is 13.7. The van der Waals surface area contributed by atoms with E-state index in [2.05, 4.69) is 5.32 Å². The van der Waals surface area contributed by atoms with Gasteiger partial charge in [0.05, 0.1) is 4.92 Å². The van der Waals surface area contributed by atoms with Gasteiger partial charge in [0.25, 0.3) is 5.69 Å². The van der Waals surface area contributed by atoms with Crippen molar-refractivity contribution >= 4 is 11.4 Å². The minimum Gasteiger partial charge on any atom is -0.373 e. The van der Waals surface area contributed by atoms with E-state index < -0.39 is 10.7 Å². The number of hydrogen-bond acceptors (Lipinski definition) is 3. The van der Waals surface area contributed by atoms with Crippen LogP contribution in [0.5, 0.6) is 0 Å². The molecule has 2 rings (SSSR count). The maximum Gasteiger partial charge on any atom is 0.295 e. The van der Waals surface area contributed by atoms with Gasteiger partial charge in [-0.2, -0.15) is 0 Å². The number of rotatable bonds is 4. The normalized spacial score (nSPS) is 10.3. The van der Waals surface area contributed by atoms with Gasteiger partial charge in [0.15, 0.2) is 5.82 Å². The van der Waals surface area contributed by atoms with Gasteiger partial charge in [-0.3, -0.25) is 10.1 Å². The highest BCUT2D eigenvalue weighted by Gasteiger charge is 2.17. The molecule has 4 nitrogen and oxygen atoms in total. The van der Waals surface area contributed by atoms with Crippen molar-refractivity contribution in [1.29, 1.82) is 0 Å². The Kier molecular flexibility index (Phi) is 3.98. The van der Waals surface area contributed by atoms with Gasteiger partial charge in [0, 0.05) is 12.6 Å². The third kappa shape index (κ3) is 2.93. The zero-order valence-corrected chi connectivity index (χ0v) is 11.3. The third-order valence-corrected chi connectivity index (χ3v) is 3.15. The molecule has 0 bridgehead atoms. The predicted molar refractivity (Wildman–Crippen MR) is 76.3 cm³/mol. The minimum atomic E-state index is -0.621. The second-order valence-corrected chi connectivity index (χ2v) is 4.67. The number of hydrogen-bond donors (Lipinski definition) is 1. The first-order valence-corrected chi connectivity index (χ1v) is 6.22. The van der Waals surface area contributed by atoms with Crippen molar-refractivity contribution < 1.29 is 9.31 Å². The van der Waals surface area contributed by atoms with Crippen LogP contribution in [0.2, 0.25) is 0 Å². The smallest absolute Gasteiger partial charge is 0.295 e. The van der Waals surface area contributed by atoms with E-state index in [0.717, 1.165) is 16.7 Å². The van der Waals surface area contributed by atoms with Gasteiger partial charge in [-0.25, -0.2) is 4.39 Å². The van der Waals surface area contributed by atoms with Gasteiger partial charge in [0.2, 0.25) is 0 Å². The molecule has 0 radical (unpaired) electrons. The summed E-state index contributed by atoms with van der Waals surface area (Å²) in [5, 5.41) is 13.7. The Morgan fingerprint density at radius 2 is 2.00 bits per heavy atom. The lowest BCUT2D eigenvalue weighted by atomic mass is 10.1. The molecule has 0 amide bonds. The SMILES string of the molecule is Cc1ccc(C)c(CNc2c(F)cccc2[N+](=O)[O-])c1. The molecule has 0 aliphatic rings. The molecule has 20 heavy (non-hydrogen) atoms. The van der Waals surface area contributed by atoms with Crippen molar-refractivity contribution in [3.8, 4) is 0 Å². The standard InChI is InChI=1S/C15H15FN2O2/c1-10-6-7-11(2)12(8-10)9-17-15-13(16)4-3-5-14(15)18(19)20/h3-8,17H,9H2,1-2H3. The Morgan fingerprint density at radius 1 is 1.25 bits per heavy atom. The first-order valence-electron chi connectivity index (χ1n) is 6.22. The van der Waals surface area contributed by atoms with Crippen LogP contribution in [0.15, 0.2) is 36.4 Å². The molecule has 0 atom stereocenters. The molecule has 0 aliphatic carbocycles. The highest BCUT2D eigenvalue weighted by Crippen LogP contribution is 2.27. The Morgan fingerprint density at radius 3 is 2.70 bits per heavy atom. The zero-order chi connectivity index (χ0) is 14.7. The number of nitrogens with one attached hydrogen (secondary N) is 1. The van der Waals surface area contributed by atoms with E-state index in [1.807, 2.05) is 32.0 Å². The summed E-state index contributed by atoms with van der Waals surface area (Å²) in [6.07, 6.45) is 0. The molecular weight excluding hydrogens is 259 g/mol. The van der Waals surface area contributed by atoms with Gasteiger partial charge in [-0.15, -0.1) is 0 Å². The van der Waals surface area contributed by atoms with Gasteiger partial charge < -0.3 is 5.32 Å². The van der Waals surface area contributed by atoms with Gasteiger partial charge in [0.1, 0.15) is 5.69 Å². The van der Waals surface area contributed by atoms with E-state index in [0.29, 0.717) is 6.54 Å². The van der Waals surface area contributed by atoms with Crippen LogP contribution in [0.25, 0.3) is 0 Å². The van der Waals surface area contributed by atoms with E-state index in [1.54, 1.807) is 0 Å². The molecule has 0 fully saturated rings. The van der Waals surface area contributed by atoms with E-state index in [1.165, 1.54) is 18.2 Å². The van der Waals surface area contributed by atoms with Crippen molar-refractivity contribution in [3.63, 3.8) is 0 Å². The van der Waals surface area contributed by atoms with Crippen LogP contribution in [0.3, 0.4) is 0 Å². The second kappa shape index (κ2) is 5.69. The maximum absolute atomic E-state index is 13.7. The largest absolute Gasteiger partial charge is 0.373 e. The topological polar surface area (TPSA) is 55.2 Å². The summed E-state index contributed by atoms with van der Waals surface area (Å²) in [6.45, 7) is 4.26. The first-order chi connectivity index (χ1) is 9.49. The van der Waals surface area contributed by atoms with Gasteiger partial charge >= 0.3 is 0 Å². The van der Waals surface area contributed by atoms with Crippen molar-refractivity contribution in [2.75, 3.05) is 5.32 Å². The van der Waals surface area contributed by atoms with Crippen molar-refractivity contribution in [2.45, 2.75) is 20.4 Å². The van der Waals surface area contributed by atoms with Crippen molar-refractivity contribution in [3.05, 3.63) is 69.0 Å². The average Bonchev–Trinajstić information content (AvgIpc) is 2.40. The fourth-order valence-electron chi connectivity index (χ4n) is 2.01. The highest BCUT2D eigenvalue weighted by molar-refractivity contribution is 5.62. The van der Waals surface area contributed by atoms with Gasteiger partial charge in [-0.05, 0) is 31.0 Å². The average molecular weight is 274 g/mol. The third-order valence-electron chi connectivity index (χ3n) is 3.15. The Labute approximate surface area is 116 Å². The van der Waals surface area contributed by atoms with Crippen LogP contribution in [0.1, 0.15) is 16.7 Å². The van der Waals surface area contributed by atoms with Crippen molar-refractivity contribution in [1.82, 2.24) is 0 Å². The summed E-state index contributed by atoms with van der Waals surface area (Å²) in [7, 11) is 0. The summed E-state index contributed by atoms with van der Waals surface area (Å²) in [5.41, 5.74) is 2.81. The number of nitro benzene ring substituents is 1. The fourth-order valence-corrected chi connectivity index (χ4v) is 2.01. The Bertz CT molecular complexity index is 656. The van der Waals surface area contributed by atoms with Crippen molar-refractivity contribution in [2.24, 2.45) is 0 Å². The van der Waals surface area contributed by atoms with E-state index in [9.17, 15) is 14.5 Å². The molecular formula is C15H15FN2O2. The molecule has 5 heteroatoms. The lowest BCUT2D eigenvalue weighted by Crippen LogP contribution is -2.06. The molecule has 0 heterocycles. The minimum absolute atomic E-state index is 0.0709. The number of para-hydroxylation sites is 1. The predicted octanol–water partition coefficient (Wildman–Crippen LogP) is 3.96. The number of nitrogens with zero attached hydrogens (tertiary/aromatic N) is 1. The monoisotopic (exact) mass is 274 g/mol. The molecule has 0 aromatic heterocycles. The molecule has 0 saturated heterocycles. The molecule has 2 aromatic rings. The lowest BCUT2D eigenvalue weighted by molar-refractivity contribution is -0.384. The van der Waals surface area contributed by atoms with Crippen LogP contribution in [-0.2, 0) is 6.54 Å². The summed E-state index contributed by atoms with van der Waals surface area (Å²) in [4.78, 5) is 10.3. The van der Waals surface area contributed by atoms with Crippen LogP contribution in [0.4, 0.5) is 15.8 Å². The first kappa shape index (κ1) is 14.0. The summed E-state index contributed by atoms with van der Waals surface area (Å²) in [6, 6.07) is 9.77. The summed E-state index contributed by atoms with van der Waals surface area (Å²) in [5.74, 6) is -0.621. The second-order valence-electron chi connectivity index (χ2n) is 4.67. The Hall–Kier alpha value is -2.43. The molecule has 1 N–H and O–H groups in total. The highest BCUT2D eigenvalue weighted by atomic mass is 19.1. The quantitative estimate of drug-likeness (QED) is 0.678. The van der Waals surface area contributed by atoms with E-state index in [4.69, 9.17) is 0 Å². The van der Waals surface area contributed by atoms with Crippen LogP contribution in [-0.4, -0.2) is 4.92 Å². The molecule has 0 unspecified atom stereocenters. The number of halogens is 1. The Balaban J connectivity index is 2.27. The zero-order valence-electron chi connectivity index (χ0n) is 11.3. The molecule has 104 valence electrons.